The number of allylic oxidation sites excluding steroid dienone is 5. The lowest BCUT2D eigenvalue weighted by Gasteiger charge is -2.46. The summed E-state index contributed by atoms with van der Waals surface area (Å²) in [7, 11) is 0. The standard InChI is InChI=1S/C27H46O/c1-7-8-9-12-21(2)13-10-14-22(3)15-11-19-27(6)20-18-25-17-16-23(4)24(5)26(25)28-27/h13,15,17,23-24,26H,7-12,14,16,18-20H2,1-6H3/b21-13+,22-15+. The average Bonchev–Trinajstić information content (AvgIpc) is 2.65. The van der Waals surface area contributed by atoms with E-state index in [-0.39, 0.29) is 5.60 Å². The van der Waals surface area contributed by atoms with Crippen LogP contribution in [0.3, 0.4) is 0 Å². The fourth-order valence-corrected chi connectivity index (χ4v) is 4.72. The van der Waals surface area contributed by atoms with Crippen LogP contribution in [0.15, 0.2) is 34.9 Å². The monoisotopic (exact) mass is 386 g/mol. The highest BCUT2D eigenvalue weighted by molar-refractivity contribution is 5.18. The largest absolute Gasteiger partial charge is 0.367 e. The van der Waals surface area contributed by atoms with E-state index in [2.05, 4.69) is 59.8 Å². The zero-order valence-corrected chi connectivity index (χ0v) is 19.7. The van der Waals surface area contributed by atoms with Gasteiger partial charge < -0.3 is 4.74 Å². The summed E-state index contributed by atoms with van der Waals surface area (Å²) in [4.78, 5) is 0. The van der Waals surface area contributed by atoms with Crippen molar-refractivity contribution in [1.29, 1.82) is 0 Å². The van der Waals surface area contributed by atoms with Crippen LogP contribution in [0.2, 0.25) is 0 Å². The number of fused-ring (bicyclic) bond motifs is 1. The third-order valence-corrected chi connectivity index (χ3v) is 7.22. The fraction of sp³-hybridized carbons (Fsp3) is 0.778. The zero-order chi connectivity index (χ0) is 20.6. The maximum atomic E-state index is 6.69. The highest BCUT2D eigenvalue weighted by Gasteiger charge is 2.40. The Bertz CT molecular complexity index is 567. The lowest BCUT2D eigenvalue weighted by Crippen LogP contribution is -2.44. The Morgan fingerprint density at radius 2 is 1.82 bits per heavy atom. The summed E-state index contributed by atoms with van der Waals surface area (Å²) >= 11 is 0. The van der Waals surface area contributed by atoms with Gasteiger partial charge in [-0.3, -0.25) is 0 Å². The molecule has 2 aliphatic rings. The van der Waals surface area contributed by atoms with Gasteiger partial charge in [-0.25, -0.2) is 0 Å². The zero-order valence-electron chi connectivity index (χ0n) is 19.7. The predicted octanol–water partition coefficient (Wildman–Crippen LogP) is 8.56. The predicted molar refractivity (Wildman–Crippen MR) is 124 cm³/mol. The van der Waals surface area contributed by atoms with Crippen molar-refractivity contribution in [3.8, 4) is 0 Å². The van der Waals surface area contributed by atoms with Crippen LogP contribution in [0.4, 0.5) is 0 Å². The van der Waals surface area contributed by atoms with Crippen LogP contribution in [0.5, 0.6) is 0 Å². The molecule has 0 aromatic rings. The molecule has 1 nitrogen and oxygen atoms in total. The second-order valence-electron chi connectivity index (χ2n) is 9.97. The summed E-state index contributed by atoms with van der Waals surface area (Å²) in [5.74, 6) is 1.40. The summed E-state index contributed by atoms with van der Waals surface area (Å²) in [5.41, 5.74) is 4.75. The molecule has 1 aliphatic heterocycles. The quantitative estimate of drug-likeness (QED) is 0.270. The van der Waals surface area contributed by atoms with Crippen LogP contribution in [-0.2, 0) is 4.74 Å². The van der Waals surface area contributed by atoms with Gasteiger partial charge in [-0.15, -0.1) is 0 Å². The first kappa shape index (κ1) is 23.5. The van der Waals surface area contributed by atoms with Crippen molar-refractivity contribution in [1.82, 2.24) is 0 Å². The fourth-order valence-electron chi connectivity index (χ4n) is 4.72. The molecule has 0 radical (unpaired) electrons. The van der Waals surface area contributed by atoms with Crippen LogP contribution in [0.25, 0.3) is 0 Å². The normalized spacial score (nSPS) is 31.5. The van der Waals surface area contributed by atoms with E-state index in [1.54, 1.807) is 11.1 Å². The maximum absolute atomic E-state index is 6.69. The third kappa shape index (κ3) is 7.21. The van der Waals surface area contributed by atoms with Gasteiger partial charge >= 0.3 is 0 Å². The Morgan fingerprint density at radius 3 is 2.57 bits per heavy atom. The molecule has 0 amide bonds. The molecular weight excluding hydrogens is 340 g/mol. The minimum Gasteiger partial charge on any atom is -0.367 e. The van der Waals surface area contributed by atoms with Gasteiger partial charge in [0.1, 0.15) is 0 Å². The summed E-state index contributed by atoms with van der Waals surface area (Å²) < 4.78 is 6.69. The Labute approximate surface area is 175 Å². The Balaban J connectivity index is 1.74. The Kier molecular flexibility index (Phi) is 9.54. The van der Waals surface area contributed by atoms with Gasteiger partial charge in [-0.05, 0) is 96.0 Å². The molecule has 160 valence electrons. The second kappa shape index (κ2) is 11.4. The number of rotatable bonds is 10. The highest BCUT2D eigenvalue weighted by atomic mass is 16.5. The molecular formula is C27H46O. The van der Waals surface area contributed by atoms with Gasteiger partial charge in [-0.2, -0.15) is 0 Å². The van der Waals surface area contributed by atoms with Crippen LogP contribution >= 0.6 is 0 Å². The molecule has 2 rings (SSSR count). The van der Waals surface area contributed by atoms with E-state index in [4.69, 9.17) is 4.74 Å². The average molecular weight is 387 g/mol. The van der Waals surface area contributed by atoms with Crippen molar-refractivity contribution in [3.05, 3.63) is 34.9 Å². The SMILES string of the molecule is CCCCC/C(C)=C/CC/C(C)=C/CCC1(C)CCC2=CCC(C)C(C)C2O1. The molecule has 0 saturated carbocycles. The maximum Gasteiger partial charge on any atom is 0.0820 e. The highest BCUT2D eigenvalue weighted by Crippen LogP contribution is 2.43. The number of ether oxygens (including phenoxy) is 1. The number of hydrogen-bond acceptors (Lipinski definition) is 1. The number of unbranched alkanes of at least 4 members (excludes halogenated alkanes) is 2. The van der Waals surface area contributed by atoms with Crippen LogP contribution < -0.4 is 0 Å². The molecule has 1 heteroatoms. The molecule has 1 aliphatic carbocycles. The van der Waals surface area contributed by atoms with E-state index in [1.807, 2.05) is 0 Å². The summed E-state index contributed by atoms with van der Waals surface area (Å²) in [6.45, 7) is 14.0. The lowest BCUT2D eigenvalue weighted by atomic mass is 9.74. The van der Waals surface area contributed by atoms with Crippen LogP contribution in [-0.4, -0.2) is 11.7 Å². The van der Waals surface area contributed by atoms with Gasteiger partial charge in [0.05, 0.1) is 11.7 Å². The third-order valence-electron chi connectivity index (χ3n) is 7.22. The smallest absolute Gasteiger partial charge is 0.0820 e. The second-order valence-corrected chi connectivity index (χ2v) is 9.97. The molecule has 4 unspecified atom stereocenters. The van der Waals surface area contributed by atoms with E-state index in [1.165, 1.54) is 63.4 Å². The molecule has 1 saturated heterocycles. The Hall–Kier alpha value is -0.820. The van der Waals surface area contributed by atoms with Crippen molar-refractivity contribution in [2.45, 2.75) is 124 Å². The molecule has 4 atom stereocenters. The first-order chi connectivity index (χ1) is 13.3. The summed E-state index contributed by atoms with van der Waals surface area (Å²) in [6, 6.07) is 0. The summed E-state index contributed by atoms with van der Waals surface area (Å²) in [5, 5.41) is 0. The minimum absolute atomic E-state index is 0.0554. The van der Waals surface area contributed by atoms with Crippen molar-refractivity contribution >= 4 is 0 Å². The first-order valence-electron chi connectivity index (χ1n) is 12.0. The molecule has 1 heterocycles. The molecule has 1 fully saturated rings. The van der Waals surface area contributed by atoms with E-state index in [9.17, 15) is 0 Å². The molecule has 0 N–H and O–H groups in total. The van der Waals surface area contributed by atoms with Gasteiger partial charge in [0.15, 0.2) is 0 Å². The molecule has 0 spiro atoms. The van der Waals surface area contributed by atoms with Gasteiger partial charge in [0.25, 0.3) is 0 Å². The lowest BCUT2D eigenvalue weighted by molar-refractivity contribution is -0.123. The van der Waals surface area contributed by atoms with Crippen LogP contribution in [0, 0.1) is 11.8 Å². The van der Waals surface area contributed by atoms with Gasteiger partial charge in [0.2, 0.25) is 0 Å². The van der Waals surface area contributed by atoms with Gasteiger partial charge in [-0.1, -0.05) is 63.0 Å². The number of hydrogen-bond donors (Lipinski definition) is 0. The topological polar surface area (TPSA) is 9.23 Å². The summed E-state index contributed by atoms with van der Waals surface area (Å²) in [6.07, 6.45) is 21.4. The van der Waals surface area contributed by atoms with Crippen LogP contribution in [0.1, 0.15) is 112 Å². The van der Waals surface area contributed by atoms with Crippen molar-refractivity contribution in [2.24, 2.45) is 11.8 Å². The van der Waals surface area contributed by atoms with Crippen molar-refractivity contribution in [2.75, 3.05) is 0 Å². The van der Waals surface area contributed by atoms with E-state index in [0.29, 0.717) is 12.0 Å². The molecule has 0 bridgehead atoms. The Morgan fingerprint density at radius 1 is 1.11 bits per heavy atom. The van der Waals surface area contributed by atoms with E-state index >= 15 is 0 Å². The molecule has 0 aromatic carbocycles. The van der Waals surface area contributed by atoms with Gasteiger partial charge in [0, 0.05) is 0 Å². The van der Waals surface area contributed by atoms with E-state index < -0.39 is 0 Å². The minimum atomic E-state index is 0.0554. The molecule has 0 aromatic heterocycles. The van der Waals surface area contributed by atoms with Crippen molar-refractivity contribution < 1.29 is 4.74 Å². The first-order valence-corrected chi connectivity index (χ1v) is 12.0. The van der Waals surface area contributed by atoms with Crippen molar-refractivity contribution in [3.63, 3.8) is 0 Å². The van der Waals surface area contributed by atoms with E-state index in [0.717, 1.165) is 18.8 Å². The molecule has 28 heavy (non-hydrogen) atoms.